The van der Waals surface area contributed by atoms with Gasteiger partial charge in [-0.3, -0.25) is 4.79 Å². The average Bonchev–Trinajstić information content (AvgIpc) is 2.64. The summed E-state index contributed by atoms with van der Waals surface area (Å²) in [6, 6.07) is 0. The molecule has 0 spiro atoms. The van der Waals surface area contributed by atoms with E-state index in [1.807, 2.05) is 0 Å². The van der Waals surface area contributed by atoms with Crippen molar-refractivity contribution in [2.24, 2.45) is 10.8 Å². The third kappa shape index (κ3) is 0.947. The van der Waals surface area contributed by atoms with Gasteiger partial charge in [-0.05, 0) is 32.1 Å². The Bertz CT molecular complexity index is 291. The minimum absolute atomic E-state index is 0.0584. The van der Waals surface area contributed by atoms with Gasteiger partial charge in [0.15, 0.2) is 0 Å². The van der Waals surface area contributed by atoms with Gasteiger partial charge >= 0.3 is 5.97 Å². The zero-order chi connectivity index (χ0) is 9.81. The quantitative estimate of drug-likeness (QED) is 0.391. The molecule has 0 aromatic heterocycles. The molecular weight excluding hydrogens is 291 g/mol. The van der Waals surface area contributed by atoms with E-state index in [9.17, 15) is 4.79 Å². The SMILES string of the molecule is O=C1OC[C@]23CCC[C@]12CC(I)CC3. The summed E-state index contributed by atoms with van der Waals surface area (Å²) in [5.74, 6) is 0.122. The van der Waals surface area contributed by atoms with Crippen molar-refractivity contribution in [2.45, 2.75) is 42.4 Å². The fraction of sp³-hybridized carbons (Fsp3) is 0.909. The Hall–Kier alpha value is 0.200. The van der Waals surface area contributed by atoms with Crippen molar-refractivity contribution in [3.63, 3.8) is 0 Å². The van der Waals surface area contributed by atoms with Crippen LogP contribution in [-0.2, 0) is 9.53 Å². The number of carbonyl (C=O) groups is 1. The first-order valence-corrected chi connectivity index (χ1v) is 6.75. The number of hydrogen-bond donors (Lipinski definition) is 0. The molecule has 0 bridgehead atoms. The number of hydrogen-bond acceptors (Lipinski definition) is 2. The predicted molar refractivity (Wildman–Crippen MR) is 61.3 cm³/mol. The molecule has 0 aromatic carbocycles. The second kappa shape index (κ2) is 2.86. The third-order valence-electron chi connectivity index (χ3n) is 4.65. The fourth-order valence-corrected chi connectivity index (χ4v) is 4.92. The van der Waals surface area contributed by atoms with Crippen LogP contribution in [0.5, 0.6) is 0 Å². The topological polar surface area (TPSA) is 26.3 Å². The molecule has 0 amide bonds. The number of carbonyl (C=O) groups excluding carboxylic acids is 1. The Morgan fingerprint density at radius 3 is 3.07 bits per heavy atom. The monoisotopic (exact) mass is 306 g/mol. The van der Waals surface area contributed by atoms with Crippen molar-refractivity contribution in [1.82, 2.24) is 0 Å². The van der Waals surface area contributed by atoms with E-state index in [2.05, 4.69) is 22.6 Å². The van der Waals surface area contributed by atoms with E-state index in [0.717, 1.165) is 19.4 Å². The molecule has 0 N–H and O–H groups in total. The Labute approximate surface area is 97.9 Å². The van der Waals surface area contributed by atoms with E-state index in [1.165, 1.54) is 25.7 Å². The van der Waals surface area contributed by atoms with E-state index in [1.54, 1.807) is 0 Å². The van der Waals surface area contributed by atoms with Crippen LogP contribution in [0.2, 0.25) is 0 Å². The van der Waals surface area contributed by atoms with Gasteiger partial charge in [0, 0.05) is 9.34 Å². The molecule has 3 fully saturated rings. The van der Waals surface area contributed by atoms with E-state index < -0.39 is 0 Å². The van der Waals surface area contributed by atoms with Crippen LogP contribution in [0, 0.1) is 10.8 Å². The van der Waals surface area contributed by atoms with Crippen molar-refractivity contribution in [1.29, 1.82) is 0 Å². The lowest BCUT2D eigenvalue weighted by Crippen LogP contribution is -2.44. The number of halogens is 1. The lowest BCUT2D eigenvalue weighted by Gasteiger charge is -2.42. The Morgan fingerprint density at radius 1 is 1.36 bits per heavy atom. The van der Waals surface area contributed by atoms with Crippen LogP contribution in [0.3, 0.4) is 0 Å². The normalized spacial score (nSPS) is 51.2. The Kier molecular flexibility index (Phi) is 1.93. The number of ether oxygens (including phenoxy) is 1. The van der Waals surface area contributed by atoms with Gasteiger partial charge in [0.1, 0.15) is 0 Å². The van der Waals surface area contributed by atoms with Gasteiger partial charge in [-0.1, -0.05) is 29.0 Å². The lowest BCUT2D eigenvalue weighted by molar-refractivity contribution is -0.147. The first-order valence-electron chi connectivity index (χ1n) is 5.50. The van der Waals surface area contributed by atoms with Crippen molar-refractivity contribution in [3.8, 4) is 0 Å². The molecule has 1 saturated heterocycles. The molecule has 14 heavy (non-hydrogen) atoms. The maximum Gasteiger partial charge on any atom is 0.312 e. The van der Waals surface area contributed by atoms with Crippen molar-refractivity contribution >= 4 is 28.6 Å². The number of cyclic esters (lactones) is 1. The summed E-state index contributed by atoms with van der Waals surface area (Å²) < 4.78 is 6.04. The zero-order valence-electron chi connectivity index (χ0n) is 8.22. The van der Waals surface area contributed by atoms with E-state index in [4.69, 9.17) is 4.74 Å². The van der Waals surface area contributed by atoms with Gasteiger partial charge in [0.05, 0.1) is 12.0 Å². The van der Waals surface area contributed by atoms with Gasteiger partial charge < -0.3 is 4.74 Å². The van der Waals surface area contributed by atoms with Crippen molar-refractivity contribution < 1.29 is 9.53 Å². The average molecular weight is 306 g/mol. The molecule has 1 aliphatic heterocycles. The van der Waals surface area contributed by atoms with Gasteiger partial charge in [-0.25, -0.2) is 0 Å². The third-order valence-corrected chi connectivity index (χ3v) is 5.71. The molecule has 1 unspecified atom stereocenters. The summed E-state index contributed by atoms with van der Waals surface area (Å²) in [6.45, 7) is 0.717. The van der Waals surface area contributed by atoms with Gasteiger partial charge in [0.2, 0.25) is 0 Å². The van der Waals surface area contributed by atoms with E-state index >= 15 is 0 Å². The maximum absolute atomic E-state index is 11.9. The highest BCUT2D eigenvalue weighted by molar-refractivity contribution is 14.1. The summed E-state index contributed by atoms with van der Waals surface area (Å²) in [5, 5.41) is 0. The van der Waals surface area contributed by atoms with E-state index in [0.29, 0.717) is 3.92 Å². The molecule has 3 rings (SSSR count). The Balaban J connectivity index is 2.05. The lowest BCUT2D eigenvalue weighted by atomic mass is 9.59. The molecule has 0 aromatic rings. The molecule has 2 aliphatic carbocycles. The molecule has 78 valence electrons. The zero-order valence-corrected chi connectivity index (χ0v) is 10.4. The molecule has 3 heteroatoms. The van der Waals surface area contributed by atoms with Crippen LogP contribution < -0.4 is 0 Å². The minimum Gasteiger partial charge on any atom is -0.465 e. The molecular formula is C11H15IO2. The molecule has 3 atom stereocenters. The maximum atomic E-state index is 11.9. The summed E-state index contributed by atoms with van der Waals surface area (Å²) in [4.78, 5) is 11.9. The summed E-state index contributed by atoms with van der Waals surface area (Å²) in [7, 11) is 0. The summed E-state index contributed by atoms with van der Waals surface area (Å²) in [5.41, 5.74) is 0.197. The molecule has 1 heterocycles. The van der Waals surface area contributed by atoms with Gasteiger partial charge in [-0.2, -0.15) is 0 Å². The van der Waals surface area contributed by atoms with Crippen LogP contribution in [0.25, 0.3) is 0 Å². The standard InChI is InChI=1S/C11H15IO2/c12-8-2-5-10-3-1-4-11(10,6-8)9(13)14-7-10/h8H,1-7H2/t8?,10-,11+/m1/s1. The highest BCUT2D eigenvalue weighted by atomic mass is 127. The van der Waals surface area contributed by atoms with Crippen molar-refractivity contribution in [2.75, 3.05) is 6.61 Å². The summed E-state index contributed by atoms with van der Waals surface area (Å²) >= 11 is 2.50. The van der Waals surface area contributed by atoms with Crippen molar-refractivity contribution in [3.05, 3.63) is 0 Å². The smallest absolute Gasteiger partial charge is 0.312 e. The molecule has 2 nitrogen and oxygen atoms in total. The van der Waals surface area contributed by atoms with Gasteiger partial charge in [-0.15, -0.1) is 0 Å². The first kappa shape index (κ1) is 9.43. The highest BCUT2D eigenvalue weighted by Gasteiger charge is 2.66. The minimum atomic E-state index is -0.0584. The summed E-state index contributed by atoms with van der Waals surface area (Å²) in [6.07, 6.45) is 7.11. The number of alkyl halides is 1. The van der Waals surface area contributed by atoms with Crippen LogP contribution in [0.1, 0.15) is 38.5 Å². The fourth-order valence-electron chi connectivity index (χ4n) is 3.86. The number of rotatable bonds is 0. The predicted octanol–water partition coefficient (Wildman–Crippen LogP) is 2.69. The second-order valence-electron chi connectivity index (χ2n) is 5.13. The Morgan fingerprint density at radius 2 is 2.21 bits per heavy atom. The molecule has 3 aliphatic rings. The van der Waals surface area contributed by atoms with E-state index in [-0.39, 0.29) is 16.8 Å². The van der Waals surface area contributed by atoms with Crippen LogP contribution >= 0.6 is 22.6 Å². The van der Waals surface area contributed by atoms with Crippen LogP contribution in [-0.4, -0.2) is 16.5 Å². The molecule has 2 saturated carbocycles. The highest BCUT2D eigenvalue weighted by Crippen LogP contribution is 2.65. The number of esters is 1. The largest absolute Gasteiger partial charge is 0.465 e. The van der Waals surface area contributed by atoms with Crippen LogP contribution in [0.4, 0.5) is 0 Å². The second-order valence-corrected chi connectivity index (χ2v) is 6.89. The van der Waals surface area contributed by atoms with Crippen LogP contribution in [0.15, 0.2) is 0 Å². The first-order chi connectivity index (χ1) is 6.69. The molecule has 0 radical (unpaired) electrons. The van der Waals surface area contributed by atoms with Gasteiger partial charge in [0.25, 0.3) is 0 Å².